The minimum atomic E-state index is 0.240. The van der Waals surface area contributed by atoms with Crippen LogP contribution >= 0.6 is 11.3 Å². The van der Waals surface area contributed by atoms with Gasteiger partial charge >= 0.3 is 0 Å². The molecule has 0 radical (unpaired) electrons. The third kappa shape index (κ3) is 5.21. The van der Waals surface area contributed by atoms with Gasteiger partial charge in [0.05, 0.1) is 18.7 Å². The van der Waals surface area contributed by atoms with E-state index in [0.29, 0.717) is 6.54 Å². The van der Waals surface area contributed by atoms with Gasteiger partial charge in [0.1, 0.15) is 0 Å². The smallest absolute Gasteiger partial charge is 0.161 e. The van der Waals surface area contributed by atoms with Gasteiger partial charge in [-0.05, 0) is 37.5 Å². The van der Waals surface area contributed by atoms with Gasteiger partial charge in [0.15, 0.2) is 11.5 Å². The van der Waals surface area contributed by atoms with Crippen LogP contribution in [0.5, 0.6) is 11.5 Å². The molecule has 1 aromatic carbocycles. The molecule has 5 heteroatoms. The second kappa shape index (κ2) is 9.64. The minimum Gasteiger partial charge on any atom is -0.493 e. The highest BCUT2D eigenvalue weighted by molar-refractivity contribution is 7.09. The predicted molar refractivity (Wildman–Crippen MR) is 100 cm³/mol. The Bertz CT molecular complexity index is 628. The molecule has 0 saturated carbocycles. The lowest BCUT2D eigenvalue weighted by atomic mass is 9.99. The maximum atomic E-state index is 5.97. The van der Waals surface area contributed by atoms with Crippen LogP contribution in [0, 0.1) is 6.92 Å². The summed E-state index contributed by atoms with van der Waals surface area (Å²) in [5.41, 5.74) is 8.22. The molecule has 0 bridgehead atoms. The average molecular weight is 349 g/mol. The maximum Gasteiger partial charge on any atom is 0.161 e. The summed E-state index contributed by atoms with van der Waals surface area (Å²) in [5, 5.41) is 3.18. The van der Waals surface area contributed by atoms with Crippen LogP contribution in [0.15, 0.2) is 23.6 Å². The third-order valence-electron chi connectivity index (χ3n) is 3.99. The van der Waals surface area contributed by atoms with Crippen molar-refractivity contribution in [2.45, 2.75) is 45.4 Å². The van der Waals surface area contributed by atoms with Crippen LogP contribution in [-0.2, 0) is 6.42 Å². The first-order valence-electron chi connectivity index (χ1n) is 8.59. The van der Waals surface area contributed by atoms with E-state index in [4.69, 9.17) is 15.2 Å². The number of methoxy groups -OCH3 is 1. The van der Waals surface area contributed by atoms with Gasteiger partial charge in [-0.1, -0.05) is 25.8 Å². The van der Waals surface area contributed by atoms with Crippen molar-refractivity contribution in [2.75, 3.05) is 20.3 Å². The van der Waals surface area contributed by atoms with E-state index < -0.39 is 0 Å². The molecular weight excluding hydrogens is 320 g/mol. The van der Waals surface area contributed by atoms with Crippen molar-refractivity contribution in [3.05, 3.63) is 39.8 Å². The number of ether oxygens (including phenoxy) is 2. The van der Waals surface area contributed by atoms with E-state index in [2.05, 4.69) is 29.4 Å². The first kappa shape index (κ1) is 18.7. The second-order valence-corrected chi connectivity index (χ2v) is 6.89. The SMILES string of the molecule is CCCCCOc1ccc(CC(CN)c2nc(C)cs2)cc1OC. The molecule has 1 atom stereocenters. The van der Waals surface area contributed by atoms with Crippen LogP contribution in [0.1, 0.15) is 48.4 Å². The Balaban J connectivity index is 2.04. The van der Waals surface area contributed by atoms with Crippen molar-refractivity contribution in [2.24, 2.45) is 5.73 Å². The number of nitrogens with two attached hydrogens (primary N) is 1. The molecular formula is C19H28N2O2S. The van der Waals surface area contributed by atoms with Gasteiger partial charge in [-0.15, -0.1) is 11.3 Å². The topological polar surface area (TPSA) is 57.4 Å². The van der Waals surface area contributed by atoms with Crippen LogP contribution in [0.4, 0.5) is 0 Å². The number of nitrogens with zero attached hydrogens (tertiary/aromatic N) is 1. The summed E-state index contributed by atoms with van der Waals surface area (Å²) in [6.07, 6.45) is 4.30. The monoisotopic (exact) mass is 348 g/mol. The molecule has 2 aromatic rings. The van der Waals surface area contributed by atoms with Crippen molar-refractivity contribution < 1.29 is 9.47 Å². The Labute approximate surface area is 149 Å². The quantitative estimate of drug-likeness (QED) is 0.650. The van der Waals surface area contributed by atoms with E-state index in [-0.39, 0.29) is 5.92 Å². The van der Waals surface area contributed by atoms with E-state index >= 15 is 0 Å². The molecule has 2 N–H and O–H groups in total. The zero-order chi connectivity index (χ0) is 17.4. The molecule has 24 heavy (non-hydrogen) atoms. The zero-order valence-electron chi connectivity index (χ0n) is 14.9. The van der Waals surface area contributed by atoms with Crippen LogP contribution < -0.4 is 15.2 Å². The standard InChI is InChI=1S/C19H28N2O2S/c1-4-5-6-9-23-17-8-7-15(11-18(17)22-3)10-16(12-20)19-21-14(2)13-24-19/h7-8,11,13,16H,4-6,9-10,12,20H2,1-3H3. The number of hydrogen-bond acceptors (Lipinski definition) is 5. The van der Waals surface area contributed by atoms with Crippen molar-refractivity contribution in [3.63, 3.8) is 0 Å². The number of rotatable bonds is 10. The summed E-state index contributed by atoms with van der Waals surface area (Å²) in [6, 6.07) is 6.15. The highest BCUT2D eigenvalue weighted by Crippen LogP contribution is 2.31. The highest BCUT2D eigenvalue weighted by Gasteiger charge is 2.15. The molecule has 132 valence electrons. The summed E-state index contributed by atoms with van der Waals surface area (Å²) in [5.74, 6) is 1.84. The predicted octanol–water partition coefficient (Wildman–Crippen LogP) is 4.31. The maximum absolute atomic E-state index is 5.97. The van der Waals surface area contributed by atoms with Gasteiger partial charge in [0, 0.05) is 23.5 Å². The van der Waals surface area contributed by atoms with Gasteiger partial charge in [-0.25, -0.2) is 4.98 Å². The third-order valence-corrected chi connectivity index (χ3v) is 5.11. The number of hydrogen-bond donors (Lipinski definition) is 1. The molecule has 1 aromatic heterocycles. The molecule has 0 amide bonds. The number of benzene rings is 1. The van der Waals surface area contributed by atoms with Crippen LogP contribution in [0.2, 0.25) is 0 Å². The molecule has 0 aliphatic carbocycles. The van der Waals surface area contributed by atoms with Gasteiger partial charge < -0.3 is 15.2 Å². The van der Waals surface area contributed by atoms with Crippen LogP contribution in [-0.4, -0.2) is 25.2 Å². The molecule has 1 unspecified atom stereocenters. The molecule has 4 nitrogen and oxygen atoms in total. The van der Waals surface area contributed by atoms with Crippen molar-refractivity contribution in [1.29, 1.82) is 0 Å². The van der Waals surface area contributed by atoms with E-state index in [0.717, 1.165) is 41.6 Å². The van der Waals surface area contributed by atoms with Gasteiger partial charge in [-0.3, -0.25) is 0 Å². The van der Waals surface area contributed by atoms with Gasteiger partial charge in [0.2, 0.25) is 0 Å². The summed E-state index contributed by atoms with van der Waals surface area (Å²) in [7, 11) is 1.68. The lowest BCUT2D eigenvalue weighted by Crippen LogP contribution is -2.15. The van der Waals surface area contributed by atoms with Crippen molar-refractivity contribution in [3.8, 4) is 11.5 Å². The Morgan fingerprint density at radius 2 is 2.08 bits per heavy atom. The Morgan fingerprint density at radius 1 is 1.25 bits per heavy atom. The normalized spacial score (nSPS) is 12.2. The Hall–Kier alpha value is -1.59. The fourth-order valence-corrected chi connectivity index (χ4v) is 3.52. The zero-order valence-corrected chi connectivity index (χ0v) is 15.7. The second-order valence-electron chi connectivity index (χ2n) is 6.00. The van der Waals surface area contributed by atoms with Crippen molar-refractivity contribution >= 4 is 11.3 Å². The lowest BCUT2D eigenvalue weighted by Gasteiger charge is -2.15. The largest absolute Gasteiger partial charge is 0.493 e. The summed E-state index contributed by atoms with van der Waals surface area (Å²) in [6.45, 7) is 5.52. The summed E-state index contributed by atoms with van der Waals surface area (Å²) < 4.78 is 11.3. The number of aryl methyl sites for hydroxylation is 1. The first-order chi connectivity index (χ1) is 11.7. The fraction of sp³-hybridized carbons (Fsp3) is 0.526. The average Bonchev–Trinajstić information content (AvgIpc) is 3.03. The molecule has 1 heterocycles. The molecule has 2 rings (SSSR count). The Kier molecular flexibility index (Phi) is 7.53. The summed E-state index contributed by atoms with van der Waals surface area (Å²) >= 11 is 1.68. The van der Waals surface area contributed by atoms with Crippen molar-refractivity contribution in [1.82, 2.24) is 4.98 Å². The minimum absolute atomic E-state index is 0.240. The number of unbranched alkanes of at least 4 members (excludes halogenated alkanes) is 2. The molecule has 0 aliphatic heterocycles. The molecule has 0 spiro atoms. The van der Waals surface area contributed by atoms with Gasteiger partial charge in [-0.2, -0.15) is 0 Å². The van der Waals surface area contributed by atoms with E-state index in [1.165, 1.54) is 18.4 Å². The van der Waals surface area contributed by atoms with Crippen LogP contribution in [0.3, 0.4) is 0 Å². The van der Waals surface area contributed by atoms with E-state index in [9.17, 15) is 0 Å². The highest BCUT2D eigenvalue weighted by atomic mass is 32.1. The van der Waals surface area contributed by atoms with E-state index in [1.54, 1.807) is 18.4 Å². The molecule has 0 aliphatic rings. The summed E-state index contributed by atoms with van der Waals surface area (Å²) in [4.78, 5) is 4.58. The fourth-order valence-electron chi connectivity index (χ4n) is 2.61. The number of aromatic nitrogens is 1. The number of thiazole rings is 1. The lowest BCUT2D eigenvalue weighted by molar-refractivity contribution is 0.286. The molecule has 0 saturated heterocycles. The first-order valence-corrected chi connectivity index (χ1v) is 9.47. The molecule has 0 fully saturated rings. The Morgan fingerprint density at radius 3 is 2.71 bits per heavy atom. The van der Waals surface area contributed by atoms with Gasteiger partial charge in [0.25, 0.3) is 0 Å². The van der Waals surface area contributed by atoms with Crippen LogP contribution in [0.25, 0.3) is 0 Å². The van der Waals surface area contributed by atoms with E-state index in [1.807, 2.05) is 13.0 Å².